The third-order valence-corrected chi connectivity index (χ3v) is 0.686. The van der Waals surface area contributed by atoms with E-state index in [9.17, 15) is 9.59 Å². The van der Waals surface area contributed by atoms with Gasteiger partial charge in [-0.1, -0.05) is 0 Å². The van der Waals surface area contributed by atoms with Crippen LogP contribution >= 0.6 is 0 Å². The van der Waals surface area contributed by atoms with Gasteiger partial charge in [0, 0.05) is 12.3 Å². The number of hydrogen-bond acceptors (Lipinski definition) is 2. The molecule has 0 bridgehead atoms. The van der Waals surface area contributed by atoms with E-state index in [-0.39, 0.29) is 25.8 Å². The molecule has 1 aromatic rings. The molecule has 0 aliphatic carbocycles. The fourth-order valence-electron chi connectivity index (χ4n) is 0.383. The Labute approximate surface area is 64.0 Å². The van der Waals surface area contributed by atoms with Crippen molar-refractivity contribution in [1.29, 1.82) is 0 Å². The van der Waals surface area contributed by atoms with Crippen LogP contribution in [0.2, 0.25) is 0 Å². The number of H-pyrrole nitrogens is 2. The average Bonchev–Trinajstić information content (AvgIpc) is 1.64. The summed E-state index contributed by atoms with van der Waals surface area (Å²) < 4.78 is 0. The molecule has 2 N–H and O–H groups in total. The minimum atomic E-state index is -0.475. The van der Waals surface area contributed by atoms with Gasteiger partial charge in [-0.15, -0.1) is 0 Å². The minimum absolute atomic E-state index is 0. The summed E-state index contributed by atoms with van der Waals surface area (Å²) in [4.78, 5) is 24.7. The van der Waals surface area contributed by atoms with Crippen LogP contribution in [0.1, 0.15) is 1.43 Å². The van der Waals surface area contributed by atoms with Gasteiger partial charge in [-0.25, -0.2) is 4.79 Å². The van der Waals surface area contributed by atoms with Gasteiger partial charge < -0.3 is 6.41 Å². The van der Waals surface area contributed by atoms with Gasteiger partial charge in [0.25, 0.3) is 5.56 Å². The first-order valence-corrected chi connectivity index (χ1v) is 2.07. The molecule has 0 aliphatic heterocycles. The molecule has 9 heavy (non-hydrogen) atoms. The number of hydrogen-bond donors (Lipinski definition) is 2. The molecular weight excluding hydrogens is 115 g/mol. The third kappa shape index (κ3) is 2.35. The molecule has 0 unspecified atom stereocenters. The van der Waals surface area contributed by atoms with E-state index in [1.54, 1.807) is 0 Å². The van der Waals surface area contributed by atoms with E-state index in [0.717, 1.165) is 0 Å². The van der Waals surface area contributed by atoms with Gasteiger partial charge in [0.2, 0.25) is 0 Å². The zero-order chi connectivity index (χ0) is 5.98. The van der Waals surface area contributed by atoms with Crippen LogP contribution in [0.25, 0.3) is 0 Å². The summed E-state index contributed by atoms with van der Waals surface area (Å²) in [6.07, 6.45) is 1.29. The molecule has 5 heteroatoms. The third-order valence-electron chi connectivity index (χ3n) is 0.686. The molecule has 0 atom stereocenters. The molecule has 0 fully saturated rings. The first-order chi connectivity index (χ1) is 3.79. The Bertz CT molecular complexity index is 256. The largest absolute Gasteiger partial charge is 1.00 e. The van der Waals surface area contributed by atoms with E-state index >= 15 is 0 Å². The molecular formula is C4H5LiN2O2. The van der Waals surface area contributed by atoms with Crippen LogP contribution < -0.4 is 30.1 Å². The molecule has 1 heterocycles. The molecule has 0 amide bonds. The summed E-state index contributed by atoms with van der Waals surface area (Å²) in [5.74, 6) is 0. The van der Waals surface area contributed by atoms with Crippen LogP contribution in [0, 0.1) is 0 Å². The summed E-state index contributed by atoms with van der Waals surface area (Å²) in [6.45, 7) is 0. The van der Waals surface area contributed by atoms with E-state index in [0.29, 0.717) is 0 Å². The average molecular weight is 120 g/mol. The Hall–Kier alpha value is -0.723. The molecule has 0 spiro atoms. The maximum atomic E-state index is 10.2. The van der Waals surface area contributed by atoms with Gasteiger partial charge in [0.05, 0.1) is 0 Å². The molecule has 0 saturated carbocycles. The van der Waals surface area contributed by atoms with Crippen molar-refractivity contribution in [2.24, 2.45) is 0 Å². The van der Waals surface area contributed by atoms with Crippen molar-refractivity contribution in [2.45, 2.75) is 0 Å². The molecule has 44 valence electrons. The maximum absolute atomic E-state index is 10.2. The van der Waals surface area contributed by atoms with E-state index in [1.807, 2.05) is 4.98 Å². The van der Waals surface area contributed by atoms with Crippen LogP contribution in [-0.2, 0) is 0 Å². The van der Waals surface area contributed by atoms with Crippen molar-refractivity contribution in [1.82, 2.24) is 9.97 Å². The normalized spacial score (nSPS) is 8.00. The van der Waals surface area contributed by atoms with Crippen molar-refractivity contribution in [2.75, 3.05) is 0 Å². The van der Waals surface area contributed by atoms with Crippen molar-refractivity contribution < 1.29 is 20.3 Å². The van der Waals surface area contributed by atoms with Crippen molar-refractivity contribution in [3.05, 3.63) is 33.1 Å². The quantitative estimate of drug-likeness (QED) is 0.344. The molecule has 0 aliphatic rings. The van der Waals surface area contributed by atoms with Gasteiger partial charge >= 0.3 is 24.6 Å². The Morgan fingerprint density at radius 3 is 2.44 bits per heavy atom. The van der Waals surface area contributed by atoms with Crippen LogP contribution in [0.5, 0.6) is 0 Å². The minimum Gasteiger partial charge on any atom is -1.00 e. The maximum Gasteiger partial charge on any atom is 1.00 e. The second kappa shape index (κ2) is 3.33. The summed E-state index contributed by atoms with van der Waals surface area (Å²) in [6, 6.07) is 1.24. The monoisotopic (exact) mass is 120 g/mol. The Kier molecular flexibility index (Phi) is 3.06. The summed E-state index contributed by atoms with van der Waals surface area (Å²) in [5.41, 5.74) is -0.855. The fourth-order valence-corrected chi connectivity index (χ4v) is 0.383. The van der Waals surface area contributed by atoms with Gasteiger partial charge in [-0.05, 0) is 0 Å². The molecule has 4 nitrogen and oxygen atoms in total. The molecule has 1 rings (SSSR count). The van der Waals surface area contributed by atoms with E-state index < -0.39 is 5.69 Å². The van der Waals surface area contributed by atoms with Gasteiger partial charge in [0.15, 0.2) is 0 Å². The Balaban J connectivity index is 0. The first kappa shape index (κ1) is 8.28. The van der Waals surface area contributed by atoms with E-state index in [1.165, 1.54) is 12.3 Å². The topological polar surface area (TPSA) is 65.7 Å². The standard InChI is InChI=1S/C4H4N2O2.Li.H/c7-3-1-2-5-4(8)6-3;;/h1-2H,(H2,5,6,7,8);;/q;+1;-1. The second-order valence-corrected chi connectivity index (χ2v) is 1.30. The van der Waals surface area contributed by atoms with Crippen molar-refractivity contribution in [3.63, 3.8) is 0 Å². The van der Waals surface area contributed by atoms with Crippen LogP contribution in [-0.4, -0.2) is 9.97 Å². The molecule has 1 aromatic heterocycles. The van der Waals surface area contributed by atoms with Crippen LogP contribution in [0.4, 0.5) is 0 Å². The number of aromatic amines is 2. The van der Waals surface area contributed by atoms with Crippen molar-refractivity contribution in [3.8, 4) is 0 Å². The second-order valence-electron chi connectivity index (χ2n) is 1.30. The molecule has 0 radical (unpaired) electrons. The number of rotatable bonds is 0. The van der Waals surface area contributed by atoms with Crippen LogP contribution in [0.3, 0.4) is 0 Å². The van der Waals surface area contributed by atoms with Crippen LogP contribution in [0.15, 0.2) is 21.9 Å². The SMILES string of the molecule is O=c1cc[nH]c(=O)[nH]1.[H-].[Li+]. The van der Waals surface area contributed by atoms with E-state index in [4.69, 9.17) is 0 Å². The number of nitrogens with one attached hydrogen (secondary N) is 2. The molecule has 0 aromatic carbocycles. The zero-order valence-electron chi connectivity index (χ0n) is 5.97. The van der Waals surface area contributed by atoms with Gasteiger partial charge in [-0.3, -0.25) is 9.78 Å². The van der Waals surface area contributed by atoms with Gasteiger partial charge in [-0.2, -0.15) is 0 Å². The zero-order valence-corrected chi connectivity index (χ0v) is 4.97. The fraction of sp³-hybridized carbons (Fsp3) is 0. The van der Waals surface area contributed by atoms with E-state index in [2.05, 4.69) is 4.98 Å². The summed E-state index contributed by atoms with van der Waals surface area (Å²) >= 11 is 0. The number of aromatic nitrogens is 2. The predicted octanol–water partition coefficient (Wildman–Crippen LogP) is -3.82. The summed E-state index contributed by atoms with van der Waals surface area (Å²) in [7, 11) is 0. The Morgan fingerprint density at radius 2 is 2.11 bits per heavy atom. The first-order valence-electron chi connectivity index (χ1n) is 2.07. The molecule has 0 saturated heterocycles. The van der Waals surface area contributed by atoms with Crippen molar-refractivity contribution >= 4 is 0 Å². The summed E-state index contributed by atoms with van der Waals surface area (Å²) in [5, 5.41) is 0. The Morgan fingerprint density at radius 1 is 1.44 bits per heavy atom. The smallest absolute Gasteiger partial charge is 1.00 e. The predicted molar refractivity (Wildman–Crippen MR) is 28.8 cm³/mol. The van der Waals surface area contributed by atoms with Gasteiger partial charge in [0.1, 0.15) is 0 Å².